The molecule has 2 atom stereocenters. The molecule has 1 saturated heterocycles. The van der Waals surface area contributed by atoms with Crippen molar-refractivity contribution in [3.05, 3.63) is 59.6 Å². The number of halogens is 1. The number of anilines is 1. The van der Waals surface area contributed by atoms with E-state index in [9.17, 15) is 28.7 Å². The van der Waals surface area contributed by atoms with Gasteiger partial charge in [-0.25, -0.2) is 19.1 Å². The van der Waals surface area contributed by atoms with Gasteiger partial charge < -0.3 is 36.1 Å². The number of carbonyl (C=O) groups is 4. The van der Waals surface area contributed by atoms with Crippen molar-refractivity contribution in [2.75, 3.05) is 18.3 Å². The van der Waals surface area contributed by atoms with E-state index in [4.69, 9.17) is 11.0 Å². The number of thioether (sulfide) groups is 1. The number of carbonyl (C=O) groups excluding carboxylic acids is 4. The Morgan fingerprint density at radius 2 is 2.11 bits per heavy atom. The summed E-state index contributed by atoms with van der Waals surface area (Å²) in [5.41, 5.74) is 7.59. The van der Waals surface area contributed by atoms with Crippen molar-refractivity contribution in [3.63, 3.8) is 0 Å². The van der Waals surface area contributed by atoms with Crippen LogP contribution >= 0.6 is 23.3 Å². The smallest absolute Gasteiger partial charge is 0.328 e. The highest BCUT2D eigenvalue weighted by Crippen LogP contribution is 2.40. The monoisotopic (exact) mass is 655 g/mol. The normalized spacial score (nSPS) is 17.6. The molecule has 2 aliphatic rings. The van der Waals surface area contributed by atoms with Gasteiger partial charge in [0, 0.05) is 46.9 Å². The number of nitrogen functional groups attached to an aromatic ring is 1. The van der Waals surface area contributed by atoms with Crippen molar-refractivity contribution in [1.82, 2.24) is 35.2 Å². The highest BCUT2D eigenvalue weighted by Gasteiger charge is 2.53. The zero-order chi connectivity index (χ0) is 32.1. The maximum Gasteiger partial charge on any atom is 0.328 e. The van der Waals surface area contributed by atoms with Crippen molar-refractivity contribution in [2.24, 2.45) is 5.16 Å². The number of aliphatic carboxylic acids is 1. The van der Waals surface area contributed by atoms with Crippen LogP contribution in [0.5, 0.6) is 0 Å². The number of oxime groups is 1. The molecule has 20 heteroatoms. The molecule has 3 aromatic heterocycles. The Bertz CT molecular complexity index is 1750. The lowest BCUT2D eigenvalue weighted by Gasteiger charge is -2.50. The topological polar surface area (TPSA) is 248 Å². The minimum Gasteiger partial charge on any atom is -0.543 e. The van der Waals surface area contributed by atoms with Gasteiger partial charge in [-0.1, -0.05) is 5.16 Å². The van der Waals surface area contributed by atoms with E-state index in [0.29, 0.717) is 11.3 Å². The van der Waals surface area contributed by atoms with Gasteiger partial charge in [0.1, 0.15) is 11.4 Å². The number of H-pyrrole nitrogens is 1. The molecule has 232 valence electrons. The van der Waals surface area contributed by atoms with Crippen molar-refractivity contribution >= 4 is 58.0 Å². The molecule has 0 radical (unpaired) electrons. The van der Waals surface area contributed by atoms with E-state index in [1.807, 2.05) is 23.5 Å². The number of urea groups is 1. The van der Waals surface area contributed by atoms with Crippen LogP contribution in [0.3, 0.4) is 0 Å². The molecule has 3 aromatic rings. The second-order valence-corrected chi connectivity index (χ2v) is 11.2. The molecule has 6 N–H and O–H groups in total. The van der Waals surface area contributed by atoms with E-state index < -0.39 is 47.8 Å². The number of aromatic nitrogens is 4. The molecule has 5 rings (SSSR count). The summed E-state index contributed by atoms with van der Waals surface area (Å²) >= 11 is 2.02. The summed E-state index contributed by atoms with van der Waals surface area (Å²) in [6.07, 6.45) is 6.79. The fourth-order valence-electron chi connectivity index (χ4n) is 4.56. The number of β-lactam (4-membered cyclic amide) rings is 1. The quantitative estimate of drug-likeness (QED) is 0.0394. The average Bonchev–Trinajstić information content (AvgIpc) is 3.68. The summed E-state index contributed by atoms with van der Waals surface area (Å²) < 4.78 is 18.2. The summed E-state index contributed by atoms with van der Waals surface area (Å²) in [4.78, 5) is 61.9. The van der Waals surface area contributed by atoms with Crippen LogP contribution in [0.4, 0.5) is 14.3 Å². The fourth-order valence-corrected chi connectivity index (χ4v) is 6.33. The third-order valence-electron chi connectivity index (χ3n) is 6.55. The van der Waals surface area contributed by atoms with E-state index in [1.54, 1.807) is 23.2 Å². The highest BCUT2D eigenvalue weighted by atomic mass is 32.2. The van der Waals surface area contributed by atoms with E-state index in [0.717, 1.165) is 27.6 Å². The molecule has 2 aliphatic heterocycles. The summed E-state index contributed by atoms with van der Waals surface area (Å²) in [5, 5.41) is 30.3. The van der Waals surface area contributed by atoms with Crippen LogP contribution in [-0.2, 0) is 32.3 Å². The SMILES string of the molecule is N#CNC(=O)NCc1cc(-c2cc[n+](CC3=C(C(=O)[O-])N4C(=O)C(NC(=O)C(=NOCF)c5nsc(N)n5)C4SC3)cc2)c[nH]1. The molecule has 0 aromatic carbocycles. The van der Waals surface area contributed by atoms with Crippen LogP contribution in [0.25, 0.3) is 11.1 Å². The molecule has 4 amide bonds. The first-order chi connectivity index (χ1) is 21.7. The lowest BCUT2D eigenvalue weighted by Crippen LogP contribution is -2.71. The number of alkyl halides is 1. The van der Waals surface area contributed by atoms with Gasteiger partial charge in [-0.15, -0.1) is 11.8 Å². The van der Waals surface area contributed by atoms with Gasteiger partial charge >= 0.3 is 6.03 Å². The first-order valence-electron chi connectivity index (χ1n) is 12.8. The van der Waals surface area contributed by atoms with Gasteiger partial charge in [-0.05, 0) is 17.2 Å². The van der Waals surface area contributed by atoms with Crippen molar-refractivity contribution in [1.29, 1.82) is 5.26 Å². The number of carboxylic acids is 1. The number of fused-ring (bicyclic) bond motifs is 1. The third-order valence-corrected chi connectivity index (χ3v) is 8.43. The van der Waals surface area contributed by atoms with E-state index >= 15 is 0 Å². The second kappa shape index (κ2) is 13.4. The summed E-state index contributed by atoms with van der Waals surface area (Å²) in [6.45, 7) is -1.00. The number of nitrogens with zero attached hydrogens (tertiary/aromatic N) is 6. The number of nitrogens with one attached hydrogen (secondary N) is 4. The van der Waals surface area contributed by atoms with Crippen molar-refractivity contribution < 1.29 is 38.1 Å². The molecule has 1 fully saturated rings. The molecule has 0 bridgehead atoms. The zero-order valence-corrected chi connectivity index (χ0v) is 24.5. The van der Waals surface area contributed by atoms with Gasteiger partial charge in [-0.2, -0.15) is 14.6 Å². The average molecular weight is 656 g/mol. The molecular weight excluding hydrogens is 633 g/mol. The van der Waals surface area contributed by atoms with E-state index in [1.165, 1.54) is 18.0 Å². The number of rotatable bonds is 11. The molecule has 0 saturated carbocycles. The number of hydrogen-bond donors (Lipinski definition) is 5. The second-order valence-electron chi connectivity index (χ2n) is 9.33. The summed E-state index contributed by atoms with van der Waals surface area (Å²) in [6, 6.07) is 3.73. The Balaban J connectivity index is 1.26. The maximum atomic E-state index is 13.1. The number of nitriles is 1. The van der Waals surface area contributed by atoms with E-state index in [2.05, 4.69) is 35.0 Å². The van der Waals surface area contributed by atoms with E-state index in [-0.39, 0.29) is 35.5 Å². The van der Waals surface area contributed by atoms with Crippen LogP contribution in [0.15, 0.2) is 53.2 Å². The van der Waals surface area contributed by atoms with Crippen LogP contribution in [0.1, 0.15) is 11.5 Å². The lowest BCUT2D eigenvalue weighted by molar-refractivity contribution is -0.689. The Morgan fingerprint density at radius 1 is 1.33 bits per heavy atom. The molecule has 45 heavy (non-hydrogen) atoms. The molecule has 17 nitrogen and oxygen atoms in total. The number of pyridine rings is 1. The minimum absolute atomic E-state index is 0.0236. The fraction of sp³-hybridized carbons (Fsp3) is 0.240. The Morgan fingerprint density at radius 3 is 2.78 bits per heavy atom. The van der Waals surface area contributed by atoms with Crippen molar-refractivity contribution in [2.45, 2.75) is 24.5 Å². The molecule has 0 spiro atoms. The predicted molar refractivity (Wildman–Crippen MR) is 152 cm³/mol. The van der Waals surface area contributed by atoms with Gasteiger partial charge in [0.25, 0.3) is 18.7 Å². The van der Waals surface area contributed by atoms with Gasteiger partial charge in [0.2, 0.25) is 11.5 Å². The number of nitrogens with two attached hydrogens (primary N) is 1. The van der Waals surface area contributed by atoms with Crippen molar-refractivity contribution in [3.8, 4) is 17.3 Å². The van der Waals surface area contributed by atoms with Gasteiger partial charge in [-0.3, -0.25) is 14.5 Å². The molecular formula is C25H22FN11O6S2. The number of hydrogen-bond acceptors (Lipinski definition) is 13. The number of carboxylic acid groups (broad SMARTS) is 1. The lowest BCUT2D eigenvalue weighted by atomic mass is 10.0. The van der Waals surface area contributed by atoms with Crippen LogP contribution in [0.2, 0.25) is 0 Å². The van der Waals surface area contributed by atoms with Crippen LogP contribution in [0, 0.1) is 11.5 Å². The summed E-state index contributed by atoms with van der Waals surface area (Å²) in [7, 11) is 0. The molecule has 2 unspecified atom stereocenters. The number of aromatic amines is 1. The Labute approximate surface area is 261 Å². The zero-order valence-electron chi connectivity index (χ0n) is 22.9. The van der Waals surface area contributed by atoms with Crippen LogP contribution in [-0.4, -0.2) is 72.8 Å². The van der Waals surface area contributed by atoms with Gasteiger partial charge in [0.05, 0.1) is 18.2 Å². The molecule has 0 aliphatic carbocycles. The third kappa shape index (κ3) is 6.68. The van der Waals surface area contributed by atoms with Crippen LogP contribution < -0.4 is 31.4 Å². The first-order valence-corrected chi connectivity index (χ1v) is 14.7. The predicted octanol–water partition coefficient (Wildman–Crippen LogP) is -1.57. The Kier molecular flexibility index (Phi) is 9.20. The standard InChI is InChI=1S/C25H22FN11O6S2/c26-10-43-34-16(19-33-24(28)45-35-19)20(38)32-17-21(39)37-18(23(40)41)14(9-44-22(17)37)8-36-3-1-12(2-4-36)13-5-15(29-6-13)7-30-25(42)31-11-27/h1-6,17,22H,7-10H2,(H6,28,30,31,32,33,35,38,40,41,42). The Hall–Kier alpha value is -5.55. The minimum atomic E-state index is -1.54. The largest absolute Gasteiger partial charge is 0.543 e. The first kappa shape index (κ1) is 30.9. The number of amides is 4. The highest BCUT2D eigenvalue weighted by molar-refractivity contribution is 8.00. The van der Waals surface area contributed by atoms with Gasteiger partial charge in [0.15, 0.2) is 30.3 Å². The summed E-state index contributed by atoms with van der Waals surface area (Å²) in [5.74, 6) is -3.16. The molecule has 5 heterocycles. The maximum absolute atomic E-state index is 13.1.